The van der Waals surface area contributed by atoms with E-state index in [0.717, 1.165) is 18.6 Å². The van der Waals surface area contributed by atoms with Gasteiger partial charge in [0.25, 0.3) is 5.91 Å². The van der Waals surface area contributed by atoms with Gasteiger partial charge in [-0.2, -0.15) is 0 Å². The smallest absolute Gasteiger partial charge is 0.274 e. The number of anilines is 2. The van der Waals surface area contributed by atoms with Gasteiger partial charge >= 0.3 is 0 Å². The second-order valence-corrected chi connectivity index (χ2v) is 5.19. The molecular weight excluding hydrogens is 302 g/mol. The fourth-order valence-corrected chi connectivity index (χ4v) is 1.91. The van der Waals surface area contributed by atoms with Crippen LogP contribution in [0.4, 0.5) is 20.3 Å². The highest BCUT2D eigenvalue weighted by Gasteiger charge is 2.16. The van der Waals surface area contributed by atoms with Crippen molar-refractivity contribution in [2.75, 3.05) is 10.6 Å². The van der Waals surface area contributed by atoms with Crippen LogP contribution in [0, 0.1) is 18.6 Å². The molecule has 1 heterocycles. The minimum absolute atomic E-state index is 0.0333. The molecule has 2 rings (SSSR count). The number of aryl methyl sites for hydroxylation is 1. The molecule has 2 aromatic rings. The lowest BCUT2D eigenvalue weighted by Crippen LogP contribution is -2.19. The molecule has 23 heavy (non-hydrogen) atoms. The van der Waals surface area contributed by atoms with Gasteiger partial charge in [0.2, 0.25) is 0 Å². The van der Waals surface area contributed by atoms with Crippen molar-refractivity contribution in [2.24, 2.45) is 0 Å². The molecule has 2 N–H and O–H groups in total. The number of amides is 1. The van der Waals surface area contributed by atoms with Crippen molar-refractivity contribution in [3.63, 3.8) is 0 Å². The topological polar surface area (TPSA) is 66.9 Å². The van der Waals surface area contributed by atoms with E-state index >= 15 is 0 Å². The van der Waals surface area contributed by atoms with Gasteiger partial charge in [0.1, 0.15) is 34.7 Å². The van der Waals surface area contributed by atoms with E-state index in [0.29, 0.717) is 11.6 Å². The van der Waals surface area contributed by atoms with E-state index in [1.165, 1.54) is 12.1 Å². The van der Waals surface area contributed by atoms with Crippen molar-refractivity contribution in [1.82, 2.24) is 9.97 Å². The number of nitrogens with one attached hydrogen (secondary N) is 2. The van der Waals surface area contributed by atoms with Crippen molar-refractivity contribution >= 4 is 17.4 Å². The molecule has 1 aromatic heterocycles. The Morgan fingerprint density at radius 3 is 2.52 bits per heavy atom. The number of para-hydroxylation sites is 1. The molecule has 1 atom stereocenters. The van der Waals surface area contributed by atoms with Crippen LogP contribution in [-0.4, -0.2) is 21.9 Å². The van der Waals surface area contributed by atoms with Crippen LogP contribution in [0.5, 0.6) is 0 Å². The molecule has 0 aliphatic rings. The molecule has 0 aliphatic heterocycles. The fraction of sp³-hybridized carbons (Fsp3) is 0.312. The predicted octanol–water partition coefficient (Wildman–Crippen LogP) is 3.53. The predicted molar refractivity (Wildman–Crippen MR) is 84.5 cm³/mol. The molecule has 122 valence electrons. The van der Waals surface area contributed by atoms with Gasteiger partial charge in [0, 0.05) is 12.1 Å². The van der Waals surface area contributed by atoms with Gasteiger partial charge < -0.3 is 10.6 Å². The van der Waals surface area contributed by atoms with Crippen molar-refractivity contribution in [2.45, 2.75) is 33.2 Å². The third-order valence-electron chi connectivity index (χ3n) is 3.28. The zero-order valence-electron chi connectivity index (χ0n) is 13.2. The molecule has 5 nitrogen and oxygen atoms in total. The maximum atomic E-state index is 13.6. The van der Waals surface area contributed by atoms with Crippen LogP contribution < -0.4 is 10.6 Å². The Morgan fingerprint density at radius 2 is 1.91 bits per heavy atom. The molecule has 1 aromatic carbocycles. The summed E-state index contributed by atoms with van der Waals surface area (Å²) in [4.78, 5) is 20.4. The first-order valence-corrected chi connectivity index (χ1v) is 7.28. The molecule has 0 saturated carbocycles. The van der Waals surface area contributed by atoms with Crippen LogP contribution in [0.2, 0.25) is 0 Å². The second kappa shape index (κ2) is 7.13. The minimum Gasteiger partial charge on any atom is -0.368 e. The summed E-state index contributed by atoms with van der Waals surface area (Å²) in [5.74, 6) is -1.51. The third-order valence-corrected chi connectivity index (χ3v) is 3.28. The average Bonchev–Trinajstić information content (AvgIpc) is 2.50. The molecule has 0 spiro atoms. The Labute approximate surface area is 133 Å². The van der Waals surface area contributed by atoms with Crippen molar-refractivity contribution in [3.05, 3.63) is 47.4 Å². The zero-order chi connectivity index (χ0) is 17.0. The molecule has 0 saturated heterocycles. The summed E-state index contributed by atoms with van der Waals surface area (Å²) in [6, 6.07) is 4.99. The molecule has 0 bridgehead atoms. The SMILES string of the molecule is CCC(C)Nc1cc(C(=O)Nc2c(F)cccc2F)nc(C)n1. The van der Waals surface area contributed by atoms with Crippen LogP contribution in [0.15, 0.2) is 24.3 Å². The normalized spacial score (nSPS) is 11.9. The van der Waals surface area contributed by atoms with Crippen LogP contribution >= 0.6 is 0 Å². The average molecular weight is 320 g/mol. The Balaban J connectivity index is 2.25. The summed E-state index contributed by atoms with van der Waals surface area (Å²) >= 11 is 0. The fourth-order valence-electron chi connectivity index (χ4n) is 1.91. The highest BCUT2D eigenvalue weighted by molar-refractivity contribution is 6.03. The van der Waals surface area contributed by atoms with E-state index in [-0.39, 0.29) is 11.7 Å². The van der Waals surface area contributed by atoms with E-state index < -0.39 is 23.2 Å². The maximum Gasteiger partial charge on any atom is 0.274 e. The van der Waals surface area contributed by atoms with E-state index in [9.17, 15) is 13.6 Å². The summed E-state index contributed by atoms with van der Waals surface area (Å²) in [7, 11) is 0. The van der Waals surface area contributed by atoms with Gasteiger partial charge in [0.15, 0.2) is 0 Å². The van der Waals surface area contributed by atoms with Gasteiger partial charge in [-0.05, 0) is 32.4 Å². The quantitative estimate of drug-likeness (QED) is 0.884. The molecule has 0 fully saturated rings. The summed E-state index contributed by atoms with van der Waals surface area (Å²) in [6.45, 7) is 5.63. The summed E-state index contributed by atoms with van der Waals surface area (Å²) < 4.78 is 27.2. The molecule has 1 unspecified atom stereocenters. The molecule has 1 amide bonds. The summed E-state index contributed by atoms with van der Waals surface area (Å²) in [5, 5.41) is 5.34. The highest BCUT2D eigenvalue weighted by atomic mass is 19.1. The van der Waals surface area contributed by atoms with Crippen LogP contribution in [0.25, 0.3) is 0 Å². The number of carbonyl (C=O) groups excluding carboxylic acids is 1. The third kappa shape index (κ3) is 4.21. The van der Waals surface area contributed by atoms with E-state index in [2.05, 4.69) is 20.6 Å². The monoisotopic (exact) mass is 320 g/mol. The second-order valence-electron chi connectivity index (χ2n) is 5.19. The first-order chi connectivity index (χ1) is 10.9. The van der Waals surface area contributed by atoms with Gasteiger partial charge in [-0.25, -0.2) is 18.7 Å². The van der Waals surface area contributed by atoms with Gasteiger partial charge in [0.05, 0.1) is 0 Å². The summed E-state index contributed by atoms with van der Waals surface area (Å²) in [5.41, 5.74) is -0.462. The van der Waals surface area contributed by atoms with Crippen molar-refractivity contribution in [1.29, 1.82) is 0 Å². The molecular formula is C16H18F2N4O. The lowest BCUT2D eigenvalue weighted by molar-refractivity contribution is 0.102. The van der Waals surface area contributed by atoms with Crippen molar-refractivity contribution < 1.29 is 13.6 Å². The number of hydrogen-bond acceptors (Lipinski definition) is 4. The zero-order valence-corrected chi connectivity index (χ0v) is 13.2. The number of nitrogens with zero attached hydrogens (tertiary/aromatic N) is 2. The van der Waals surface area contributed by atoms with Gasteiger partial charge in [-0.1, -0.05) is 13.0 Å². The highest BCUT2D eigenvalue weighted by Crippen LogP contribution is 2.19. The van der Waals surface area contributed by atoms with Crippen LogP contribution in [-0.2, 0) is 0 Å². The molecule has 7 heteroatoms. The minimum atomic E-state index is -0.845. The largest absolute Gasteiger partial charge is 0.368 e. The molecule has 0 aliphatic carbocycles. The van der Waals surface area contributed by atoms with E-state index in [1.54, 1.807) is 6.92 Å². The number of benzene rings is 1. The number of halogens is 2. The maximum absolute atomic E-state index is 13.6. The number of rotatable bonds is 5. The Kier molecular flexibility index (Phi) is 5.20. The molecule has 0 radical (unpaired) electrons. The Hall–Kier alpha value is -2.57. The van der Waals surface area contributed by atoms with E-state index in [1.807, 2.05) is 13.8 Å². The summed E-state index contributed by atoms with van der Waals surface area (Å²) in [6.07, 6.45) is 0.880. The van der Waals surface area contributed by atoms with Crippen LogP contribution in [0.1, 0.15) is 36.6 Å². The van der Waals surface area contributed by atoms with Gasteiger partial charge in [-0.15, -0.1) is 0 Å². The standard InChI is InChI=1S/C16H18F2N4O/c1-4-9(2)19-14-8-13(20-10(3)21-14)16(23)22-15-11(17)6-5-7-12(15)18/h5-9H,4H2,1-3H3,(H,22,23)(H,19,20,21). The van der Waals surface area contributed by atoms with Gasteiger partial charge in [-0.3, -0.25) is 4.79 Å². The van der Waals surface area contributed by atoms with Crippen molar-refractivity contribution in [3.8, 4) is 0 Å². The Bertz CT molecular complexity index is 701. The first-order valence-electron chi connectivity index (χ1n) is 7.28. The Morgan fingerprint density at radius 1 is 1.26 bits per heavy atom. The first kappa shape index (κ1) is 16.8. The number of aromatic nitrogens is 2. The van der Waals surface area contributed by atoms with E-state index in [4.69, 9.17) is 0 Å². The number of hydrogen-bond donors (Lipinski definition) is 2. The van der Waals surface area contributed by atoms with Crippen LogP contribution in [0.3, 0.4) is 0 Å². The lowest BCUT2D eigenvalue weighted by atomic mass is 10.2. The number of carbonyl (C=O) groups is 1. The lowest BCUT2D eigenvalue weighted by Gasteiger charge is -2.13.